The van der Waals surface area contributed by atoms with Crippen molar-refractivity contribution in [3.05, 3.63) is 46.4 Å². The highest BCUT2D eigenvalue weighted by molar-refractivity contribution is 5.99. The molecule has 2 heterocycles. The number of rotatable bonds is 3. The largest absolute Gasteiger partial charge is 0.348 e. The first kappa shape index (κ1) is 15.3. The highest BCUT2D eigenvalue weighted by Gasteiger charge is 2.17. The minimum Gasteiger partial charge on any atom is -0.348 e. The predicted octanol–water partition coefficient (Wildman–Crippen LogP) is 2.76. The highest BCUT2D eigenvalue weighted by Crippen LogP contribution is 2.25. The van der Waals surface area contributed by atoms with Gasteiger partial charge >= 0.3 is 0 Å². The molecule has 0 saturated carbocycles. The number of hydrogen-bond donors (Lipinski definition) is 0. The lowest BCUT2D eigenvalue weighted by Gasteiger charge is -2.16. The Labute approximate surface area is 134 Å². The van der Waals surface area contributed by atoms with Gasteiger partial charge in [-0.2, -0.15) is 0 Å². The summed E-state index contributed by atoms with van der Waals surface area (Å²) in [6.07, 6.45) is 0. The van der Waals surface area contributed by atoms with Crippen LogP contribution in [0.15, 0.2) is 22.8 Å². The summed E-state index contributed by atoms with van der Waals surface area (Å²) in [5.41, 5.74) is 5.60. The average Bonchev–Trinajstić information content (AvgIpc) is 3.04. The van der Waals surface area contributed by atoms with Gasteiger partial charge in [-0.25, -0.2) is 4.63 Å². The summed E-state index contributed by atoms with van der Waals surface area (Å²) in [6.45, 7) is 6.36. The molecule has 1 amide bonds. The number of aromatic nitrogens is 3. The molecule has 3 rings (SSSR count). The molecule has 2 aromatic heterocycles. The molecule has 120 valence electrons. The van der Waals surface area contributed by atoms with Crippen LogP contribution in [0.1, 0.15) is 33.0 Å². The summed E-state index contributed by atoms with van der Waals surface area (Å²) in [5, 5.41) is 8.68. The molecule has 0 saturated heterocycles. The Morgan fingerprint density at radius 1 is 1.26 bits per heavy atom. The number of amides is 1. The van der Waals surface area contributed by atoms with Crippen LogP contribution in [0.25, 0.3) is 10.9 Å². The van der Waals surface area contributed by atoms with Crippen molar-refractivity contribution in [2.45, 2.75) is 27.3 Å². The lowest BCUT2D eigenvalue weighted by Crippen LogP contribution is -2.26. The lowest BCUT2D eigenvalue weighted by molar-refractivity contribution is 0.0782. The summed E-state index contributed by atoms with van der Waals surface area (Å²) in [7, 11) is 3.79. The van der Waals surface area contributed by atoms with Crippen molar-refractivity contribution in [3.8, 4) is 0 Å². The fraction of sp³-hybridized carbons (Fsp3) is 0.353. The third kappa shape index (κ3) is 2.50. The Morgan fingerprint density at radius 3 is 2.65 bits per heavy atom. The predicted molar refractivity (Wildman–Crippen MR) is 87.2 cm³/mol. The summed E-state index contributed by atoms with van der Waals surface area (Å²) in [6, 6.07) is 5.83. The topological polar surface area (TPSA) is 64.2 Å². The van der Waals surface area contributed by atoms with Gasteiger partial charge in [0.15, 0.2) is 0 Å². The summed E-state index contributed by atoms with van der Waals surface area (Å²) < 4.78 is 6.83. The molecular weight excluding hydrogens is 292 g/mol. The van der Waals surface area contributed by atoms with E-state index in [1.807, 2.05) is 32.2 Å². The van der Waals surface area contributed by atoms with Crippen molar-refractivity contribution < 1.29 is 9.42 Å². The smallest absolute Gasteiger partial charge is 0.253 e. The van der Waals surface area contributed by atoms with Gasteiger partial charge in [-0.3, -0.25) is 4.79 Å². The normalized spacial score (nSPS) is 11.2. The van der Waals surface area contributed by atoms with Crippen LogP contribution >= 0.6 is 0 Å². The molecule has 1 aromatic carbocycles. The van der Waals surface area contributed by atoms with Crippen molar-refractivity contribution >= 4 is 16.8 Å². The zero-order valence-corrected chi connectivity index (χ0v) is 14.0. The quantitative estimate of drug-likeness (QED) is 0.746. The molecule has 6 nitrogen and oxygen atoms in total. The van der Waals surface area contributed by atoms with Gasteiger partial charge in [0, 0.05) is 36.3 Å². The molecule has 3 aromatic rings. The van der Waals surface area contributed by atoms with E-state index >= 15 is 0 Å². The molecule has 0 spiro atoms. The van der Waals surface area contributed by atoms with Crippen LogP contribution < -0.4 is 0 Å². The zero-order valence-electron chi connectivity index (χ0n) is 14.0. The molecule has 0 bridgehead atoms. The third-order valence-corrected chi connectivity index (χ3v) is 4.53. The van der Waals surface area contributed by atoms with Gasteiger partial charge in [-0.1, -0.05) is 10.3 Å². The van der Waals surface area contributed by atoms with Gasteiger partial charge in [0.2, 0.25) is 0 Å². The molecule has 23 heavy (non-hydrogen) atoms. The van der Waals surface area contributed by atoms with Crippen LogP contribution in [0, 0.1) is 20.8 Å². The second kappa shape index (κ2) is 5.53. The molecule has 0 aliphatic rings. The number of carbonyl (C=O) groups excluding carboxylic acids is 1. The van der Waals surface area contributed by atoms with E-state index < -0.39 is 0 Å². The summed E-state index contributed by atoms with van der Waals surface area (Å²) >= 11 is 0. The Hall–Kier alpha value is -2.63. The Balaban J connectivity index is 1.91. The Kier molecular flexibility index (Phi) is 3.67. The van der Waals surface area contributed by atoms with E-state index in [-0.39, 0.29) is 5.91 Å². The summed E-state index contributed by atoms with van der Waals surface area (Å²) in [4.78, 5) is 14.3. The fourth-order valence-electron chi connectivity index (χ4n) is 2.80. The first-order valence-corrected chi connectivity index (χ1v) is 7.49. The van der Waals surface area contributed by atoms with Crippen LogP contribution in [0.4, 0.5) is 0 Å². The number of carbonyl (C=O) groups is 1. The molecule has 0 fully saturated rings. The first-order chi connectivity index (χ1) is 10.9. The molecule has 0 radical (unpaired) electrons. The first-order valence-electron chi connectivity index (χ1n) is 7.49. The van der Waals surface area contributed by atoms with Crippen LogP contribution in [0.3, 0.4) is 0 Å². The number of nitrogens with zero attached hydrogens (tertiary/aromatic N) is 4. The zero-order chi connectivity index (χ0) is 16.7. The number of hydrogen-bond acceptors (Lipinski definition) is 4. The maximum Gasteiger partial charge on any atom is 0.253 e. The van der Waals surface area contributed by atoms with Gasteiger partial charge in [-0.15, -0.1) is 0 Å². The van der Waals surface area contributed by atoms with E-state index in [1.165, 1.54) is 11.3 Å². The molecule has 0 aliphatic heterocycles. The highest BCUT2D eigenvalue weighted by atomic mass is 16.6. The van der Waals surface area contributed by atoms with E-state index in [0.717, 1.165) is 10.9 Å². The molecule has 0 N–H and O–H groups in total. The summed E-state index contributed by atoms with van der Waals surface area (Å²) in [5.74, 6) is -0.0461. The molecule has 0 aliphatic carbocycles. The number of aryl methyl sites for hydroxylation is 3. The van der Waals surface area contributed by atoms with E-state index in [2.05, 4.69) is 33.4 Å². The molecular formula is C17H20N4O2. The molecule has 6 heteroatoms. The number of fused-ring (bicyclic) bond motifs is 1. The molecule has 0 unspecified atom stereocenters. The van der Waals surface area contributed by atoms with E-state index in [0.29, 0.717) is 23.5 Å². The van der Waals surface area contributed by atoms with Crippen LogP contribution in [-0.4, -0.2) is 32.7 Å². The lowest BCUT2D eigenvalue weighted by atomic mass is 10.1. The van der Waals surface area contributed by atoms with Gasteiger partial charge in [0.05, 0.1) is 6.54 Å². The second-order valence-electron chi connectivity index (χ2n) is 5.96. The van der Waals surface area contributed by atoms with Crippen molar-refractivity contribution in [2.75, 3.05) is 7.05 Å². The van der Waals surface area contributed by atoms with Gasteiger partial charge < -0.3 is 9.47 Å². The molecule has 0 atom stereocenters. The minimum atomic E-state index is -0.0461. The van der Waals surface area contributed by atoms with Gasteiger partial charge in [-0.05, 0) is 44.5 Å². The Bertz CT molecular complexity index is 892. The van der Waals surface area contributed by atoms with Crippen molar-refractivity contribution in [2.24, 2.45) is 7.05 Å². The van der Waals surface area contributed by atoms with Crippen molar-refractivity contribution in [3.63, 3.8) is 0 Å². The van der Waals surface area contributed by atoms with Crippen LogP contribution in [0.2, 0.25) is 0 Å². The second-order valence-corrected chi connectivity index (χ2v) is 5.96. The maximum absolute atomic E-state index is 12.7. The van der Waals surface area contributed by atoms with Crippen LogP contribution in [0.5, 0.6) is 0 Å². The maximum atomic E-state index is 12.7. The SMILES string of the molecule is Cc1nonc1CN(C)C(=O)c1ccc2c(c1)c(C)c(C)n2C. The standard InChI is InChI=1S/C17H20N4O2/c1-10-12(3)21(5)16-7-6-13(8-14(10)16)17(22)20(4)9-15-11(2)18-23-19-15/h6-8H,9H2,1-5H3. The minimum absolute atomic E-state index is 0.0461. The van der Waals surface area contributed by atoms with Gasteiger partial charge in [0.1, 0.15) is 11.4 Å². The van der Waals surface area contributed by atoms with Crippen molar-refractivity contribution in [1.29, 1.82) is 0 Å². The van der Waals surface area contributed by atoms with E-state index in [1.54, 1.807) is 11.9 Å². The van der Waals surface area contributed by atoms with Crippen LogP contribution in [-0.2, 0) is 13.6 Å². The van der Waals surface area contributed by atoms with E-state index in [9.17, 15) is 4.79 Å². The monoisotopic (exact) mass is 312 g/mol. The Morgan fingerprint density at radius 2 is 2.00 bits per heavy atom. The van der Waals surface area contributed by atoms with E-state index in [4.69, 9.17) is 0 Å². The third-order valence-electron chi connectivity index (χ3n) is 4.53. The fourth-order valence-corrected chi connectivity index (χ4v) is 2.80. The number of benzene rings is 1. The van der Waals surface area contributed by atoms with Gasteiger partial charge in [0.25, 0.3) is 5.91 Å². The van der Waals surface area contributed by atoms with Crippen molar-refractivity contribution in [1.82, 2.24) is 19.8 Å². The average molecular weight is 312 g/mol.